The summed E-state index contributed by atoms with van der Waals surface area (Å²) in [4.78, 5) is 31.1. The van der Waals surface area contributed by atoms with E-state index < -0.39 is 5.97 Å². The van der Waals surface area contributed by atoms with E-state index in [4.69, 9.17) is 18.7 Å². The predicted octanol–water partition coefficient (Wildman–Crippen LogP) is 3.39. The summed E-state index contributed by atoms with van der Waals surface area (Å²) in [5, 5.41) is 7.00. The van der Waals surface area contributed by atoms with E-state index in [0.717, 1.165) is 18.7 Å². The van der Waals surface area contributed by atoms with E-state index >= 15 is 0 Å². The smallest absolute Gasteiger partial charge is 0.337 e. The molecular formula is C25H28N4O6. The van der Waals surface area contributed by atoms with E-state index in [-0.39, 0.29) is 11.8 Å². The molecule has 1 aromatic heterocycles. The summed E-state index contributed by atoms with van der Waals surface area (Å²) in [7, 11) is 4.48. The summed E-state index contributed by atoms with van der Waals surface area (Å²) < 4.78 is 20.8. The molecule has 0 aliphatic carbocycles. The predicted molar refractivity (Wildman–Crippen MR) is 127 cm³/mol. The van der Waals surface area contributed by atoms with E-state index in [1.807, 2.05) is 6.07 Å². The Labute approximate surface area is 203 Å². The second kappa shape index (κ2) is 11.0. The highest BCUT2D eigenvalue weighted by molar-refractivity contribution is 5.95. The van der Waals surface area contributed by atoms with Crippen molar-refractivity contribution in [1.82, 2.24) is 15.0 Å². The summed E-state index contributed by atoms with van der Waals surface area (Å²) >= 11 is 0. The first-order chi connectivity index (χ1) is 17.0. The number of benzene rings is 2. The van der Waals surface area contributed by atoms with Crippen LogP contribution in [0.1, 0.15) is 29.1 Å². The molecule has 10 heteroatoms. The van der Waals surface area contributed by atoms with Gasteiger partial charge in [0.15, 0.2) is 11.5 Å². The summed E-state index contributed by atoms with van der Waals surface area (Å²) in [6.45, 7) is 1.97. The van der Waals surface area contributed by atoms with Crippen molar-refractivity contribution in [2.45, 2.75) is 19.4 Å². The average molecular weight is 481 g/mol. The summed E-state index contributed by atoms with van der Waals surface area (Å²) in [5.74, 6) is 1.60. The van der Waals surface area contributed by atoms with E-state index in [2.05, 4.69) is 20.4 Å². The van der Waals surface area contributed by atoms with Crippen molar-refractivity contribution < 1.29 is 28.3 Å². The number of likely N-dealkylation sites (tertiary alicyclic amines) is 1. The molecule has 0 spiro atoms. The molecule has 35 heavy (non-hydrogen) atoms. The summed E-state index contributed by atoms with van der Waals surface area (Å²) in [5.41, 5.74) is 1.74. The summed E-state index contributed by atoms with van der Waals surface area (Å²) in [6, 6.07) is 12.2. The number of ether oxygens (including phenoxy) is 3. The van der Waals surface area contributed by atoms with Crippen LogP contribution in [0.3, 0.4) is 0 Å². The van der Waals surface area contributed by atoms with Crippen molar-refractivity contribution >= 4 is 17.6 Å². The standard InChI is InChI=1S/C25H28N4O6/c1-32-20-8-7-17(14-21(20)33-2)23-27-22(35-28-23)15-29-11-9-16(10-12-29)24(30)26-19-6-4-5-18(13-19)25(31)34-3/h4-8,13-14,16H,9-12,15H2,1-3H3,(H,26,30). The van der Waals surface area contributed by atoms with Gasteiger partial charge in [-0.15, -0.1) is 0 Å². The van der Waals surface area contributed by atoms with Crippen LogP contribution < -0.4 is 14.8 Å². The number of esters is 1. The molecular weight excluding hydrogens is 452 g/mol. The Morgan fingerprint density at radius 2 is 1.83 bits per heavy atom. The fourth-order valence-electron chi connectivity index (χ4n) is 4.04. The van der Waals surface area contributed by atoms with Crippen molar-refractivity contribution in [1.29, 1.82) is 0 Å². The van der Waals surface area contributed by atoms with Gasteiger partial charge in [-0.25, -0.2) is 4.79 Å². The van der Waals surface area contributed by atoms with Gasteiger partial charge in [0, 0.05) is 17.2 Å². The van der Waals surface area contributed by atoms with Crippen molar-refractivity contribution in [3.8, 4) is 22.9 Å². The lowest BCUT2D eigenvalue weighted by atomic mass is 9.95. The lowest BCUT2D eigenvalue weighted by molar-refractivity contribution is -0.121. The zero-order valence-corrected chi connectivity index (χ0v) is 19.9. The van der Waals surface area contributed by atoms with Crippen LogP contribution in [0.5, 0.6) is 11.5 Å². The highest BCUT2D eigenvalue weighted by atomic mass is 16.5. The molecule has 1 aliphatic heterocycles. The van der Waals surface area contributed by atoms with Gasteiger partial charge in [0.2, 0.25) is 17.6 Å². The summed E-state index contributed by atoms with van der Waals surface area (Å²) in [6.07, 6.45) is 1.42. The number of aromatic nitrogens is 2. The lowest BCUT2D eigenvalue weighted by Gasteiger charge is -2.30. The molecule has 10 nitrogen and oxygen atoms in total. The second-order valence-corrected chi connectivity index (χ2v) is 8.19. The number of nitrogens with zero attached hydrogens (tertiary/aromatic N) is 3. The molecule has 0 radical (unpaired) electrons. The van der Waals surface area contributed by atoms with Gasteiger partial charge in [0.1, 0.15) is 0 Å². The van der Waals surface area contributed by atoms with Gasteiger partial charge in [0.25, 0.3) is 0 Å². The van der Waals surface area contributed by atoms with Crippen molar-refractivity contribution in [2.75, 3.05) is 39.7 Å². The SMILES string of the molecule is COC(=O)c1cccc(NC(=O)C2CCN(Cc3nc(-c4ccc(OC)c(OC)c4)no3)CC2)c1. The monoisotopic (exact) mass is 480 g/mol. The van der Waals surface area contributed by atoms with Crippen LogP contribution in [0.4, 0.5) is 5.69 Å². The first-order valence-corrected chi connectivity index (χ1v) is 11.3. The minimum Gasteiger partial charge on any atom is -0.493 e. The van der Waals surface area contributed by atoms with Gasteiger partial charge in [-0.05, 0) is 62.3 Å². The van der Waals surface area contributed by atoms with Crippen LogP contribution in [0.2, 0.25) is 0 Å². The number of anilines is 1. The number of carbonyl (C=O) groups excluding carboxylic acids is 2. The molecule has 2 aromatic carbocycles. The topological polar surface area (TPSA) is 116 Å². The third-order valence-corrected chi connectivity index (χ3v) is 5.98. The Balaban J connectivity index is 1.30. The average Bonchev–Trinajstić information content (AvgIpc) is 3.36. The molecule has 3 aromatic rings. The van der Waals surface area contributed by atoms with Crippen LogP contribution >= 0.6 is 0 Å². The van der Waals surface area contributed by atoms with Gasteiger partial charge >= 0.3 is 5.97 Å². The molecule has 0 unspecified atom stereocenters. The minimum absolute atomic E-state index is 0.0554. The number of hydrogen-bond donors (Lipinski definition) is 1. The van der Waals surface area contributed by atoms with Gasteiger partial charge in [-0.2, -0.15) is 4.98 Å². The molecule has 0 saturated carbocycles. The van der Waals surface area contributed by atoms with E-state index in [9.17, 15) is 9.59 Å². The number of nitrogens with one attached hydrogen (secondary N) is 1. The largest absolute Gasteiger partial charge is 0.493 e. The van der Waals surface area contributed by atoms with Crippen LogP contribution in [-0.4, -0.2) is 61.3 Å². The molecule has 1 N–H and O–H groups in total. The molecule has 1 saturated heterocycles. The van der Waals surface area contributed by atoms with E-state index in [0.29, 0.717) is 53.9 Å². The van der Waals surface area contributed by atoms with E-state index in [1.54, 1.807) is 50.6 Å². The first-order valence-electron chi connectivity index (χ1n) is 11.3. The molecule has 1 aliphatic rings. The lowest BCUT2D eigenvalue weighted by Crippen LogP contribution is -2.37. The molecule has 1 fully saturated rings. The molecule has 0 bridgehead atoms. The number of hydrogen-bond acceptors (Lipinski definition) is 9. The third-order valence-electron chi connectivity index (χ3n) is 5.98. The van der Waals surface area contributed by atoms with Crippen molar-refractivity contribution in [3.63, 3.8) is 0 Å². The van der Waals surface area contributed by atoms with Crippen molar-refractivity contribution in [3.05, 3.63) is 53.9 Å². The van der Waals surface area contributed by atoms with Gasteiger partial charge < -0.3 is 24.1 Å². The zero-order chi connectivity index (χ0) is 24.8. The maximum absolute atomic E-state index is 12.7. The normalized spacial score (nSPS) is 14.4. The molecule has 0 atom stereocenters. The zero-order valence-electron chi connectivity index (χ0n) is 19.9. The number of amides is 1. The Morgan fingerprint density at radius 1 is 1.06 bits per heavy atom. The molecule has 2 heterocycles. The van der Waals surface area contributed by atoms with Crippen LogP contribution in [0, 0.1) is 5.92 Å². The van der Waals surface area contributed by atoms with Crippen LogP contribution in [-0.2, 0) is 16.1 Å². The quantitative estimate of drug-likeness (QED) is 0.484. The van der Waals surface area contributed by atoms with Crippen LogP contribution in [0.25, 0.3) is 11.4 Å². The first kappa shape index (κ1) is 24.2. The Kier molecular flexibility index (Phi) is 7.61. The fraction of sp³-hybridized carbons (Fsp3) is 0.360. The fourth-order valence-corrected chi connectivity index (χ4v) is 4.04. The molecule has 1 amide bonds. The van der Waals surface area contributed by atoms with Crippen molar-refractivity contribution in [2.24, 2.45) is 5.92 Å². The minimum atomic E-state index is -0.440. The van der Waals surface area contributed by atoms with Gasteiger partial charge in [-0.3, -0.25) is 9.69 Å². The number of rotatable bonds is 8. The number of piperidine rings is 1. The highest BCUT2D eigenvalue weighted by Gasteiger charge is 2.26. The van der Waals surface area contributed by atoms with E-state index in [1.165, 1.54) is 7.11 Å². The maximum atomic E-state index is 12.7. The highest BCUT2D eigenvalue weighted by Crippen LogP contribution is 2.31. The molecule has 4 rings (SSSR count). The van der Waals surface area contributed by atoms with Gasteiger partial charge in [0.05, 0.1) is 33.4 Å². The second-order valence-electron chi connectivity index (χ2n) is 8.19. The Morgan fingerprint density at radius 3 is 2.54 bits per heavy atom. The third kappa shape index (κ3) is 5.78. The Bertz CT molecular complexity index is 1190. The van der Waals surface area contributed by atoms with Gasteiger partial charge in [-0.1, -0.05) is 11.2 Å². The number of methoxy groups -OCH3 is 3. The number of carbonyl (C=O) groups is 2. The Hall–Kier alpha value is -3.92. The maximum Gasteiger partial charge on any atom is 0.337 e. The molecule has 184 valence electrons. The van der Waals surface area contributed by atoms with Crippen LogP contribution in [0.15, 0.2) is 47.0 Å².